The molecule has 0 unspecified atom stereocenters. The van der Waals surface area contributed by atoms with Crippen molar-refractivity contribution in [2.45, 2.75) is 6.61 Å². The van der Waals surface area contributed by atoms with E-state index in [1.807, 2.05) is 72.8 Å². The molecule has 0 amide bonds. The Morgan fingerprint density at radius 3 is 2.62 bits per heavy atom. The van der Waals surface area contributed by atoms with E-state index in [4.69, 9.17) is 9.47 Å². The number of esters is 1. The maximum atomic E-state index is 12.2. The number of ether oxygens (including phenoxy) is 2. The number of carbonyl (C=O) groups excluding carboxylic acids is 1. The van der Waals surface area contributed by atoms with E-state index in [1.54, 1.807) is 6.08 Å². The average molecular weight is 560 g/mol. The van der Waals surface area contributed by atoms with Crippen LogP contribution in [0.4, 0.5) is 0 Å². The minimum Gasteiger partial charge on any atom is -0.489 e. The minimum absolute atomic E-state index is 0.265. The van der Waals surface area contributed by atoms with Crippen LogP contribution in [0.15, 0.2) is 88.0 Å². The van der Waals surface area contributed by atoms with Crippen molar-refractivity contribution in [3.63, 3.8) is 0 Å². The van der Waals surface area contributed by atoms with Gasteiger partial charge in [0.15, 0.2) is 5.70 Å². The molecule has 0 bridgehead atoms. The molecule has 6 heteroatoms. The van der Waals surface area contributed by atoms with Gasteiger partial charge >= 0.3 is 5.97 Å². The first-order chi connectivity index (χ1) is 14.1. The van der Waals surface area contributed by atoms with E-state index in [1.165, 1.54) is 0 Å². The second-order valence-electron chi connectivity index (χ2n) is 6.30. The zero-order valence-electron chi connectivity index (χ0n) is 15.1. The number of rotatable bonds is 5. The summed E-state index contributed by atoms with van der Waals surface area (Å²) in [5, 5.41) is 0. The van der Waals surface area contributed by atoms with Crippen molar-refractivity contribution in [1.29, 1.82) is 0 Å². The highest BCUT2D eigenvalue weighted by atomic mass is 127. The van der Waals surface area contributed by atoms with Crippen LogP contribution in [0.1, 0.15) is 16.7 Å². The summed E-state index contributed by atoms with van der Waals surface area (Å²) >= 11 is 5.75. The van der Waals surface area contributed by atoms with Crippen LogP contribution >= 0.6 is 38.5 Å². The number of hydrogen-bond donors (Lipinski definition) is 0. The maximum Gasteiger partial charge on any atom is 0.363 e. The van der Waals surface area contributed by atoms with E-state index >= 15 is 0 Å². The van der Waals surface area contributed by atoms with Gasteiger partial charge in [-0.15, -0.1) is 0 Å². The number of hydrogen-bond acceptors (Lipinski definition) is 4. The third-order valence-electron chi connectivity index (χ3n) is 4.23. The highest BCUT2D eigenvalue weighted by Crippen LogP contribution is 2.23. The lowest BCUT2D eigenvalue weighted by Crippen LogP contribution is -2.05. The van der Waals surface area contributed by atoms with Crippen LogP contribution in [-0.2, 0) is 16.1 Å². The average Bonchev–Trinajstić information content (AvgIpc) is 3.08. The maximum absolute atomic E-state index is 12.2. The molecule has 0 aliphatic carbocycles. The van der Waals surface area contributed by atoms with Gasteiger partial charge in [-0.25, -0.2) is 9.79 Å². The molecule has 1 heterocycles. The molecule has 4 nitrogen and oxygen atoms in total. The zero-order chi connectivity index (χ0) is 20.2. The Balaban J connectivity index is 1.52. The lowest BCUT2D eigenvalue weighted by atomic mass is 10.2. The lowest BCUT2D eigenvalue weighted by Gasteiger charge is -2.08. The zero-order valence-corrected chi connectivity index (χ0v) is 18.9. The van der Waals surface area contributed by atoms with Gasteiger partial charge in [-0.05, 0) is 76.7 Å². The molecule has 0 N–H and O–H groups in total. The molecule has 1 aliphatic rings. The molecule has 0 aromatic heterocycles. The number of cyclic esters (lactones) is 1. The van der Waals surface area contributed by atoms with Crippen LogP contribution in [0.5, 0.6) is 5.75 Å². The van der Waals surface area contributed by atoms with Crippen molar-refractivity contribution in [1.82, 2.24) is 0 Å². The van der Waals surface area contributed by atoms with Crippen molar-refractivity contribution in [3.8, 4) is 5.75 Å². The van der Waals surface area contributed by atoms with E-state index in [2.05, 4.69) is 43.5 Å². The molecule has 144 valence electrons. The summed E-state index contributed by atoms with van der Waals surface area (Å²) in [7, 11) is 0. The second-order valence-corrected chi connectivity index (χ2v) is 8.40. The van der Waals surface area contributed by atoms with Crippen LogP contribution in [0.2, 0.25) is 0 Å². The lowest BCUT2D eigenvalue weighted by molar-refractivity contribution is -0.129. The smallest absolute Gasteiger partial charge is 0.363 e. The summed E-state index contributed by atoms with van der Waals surface area (Å²) in [6.45, 7) is 0.443. The first-order valence-corrected chi connectivity index (χ1v) is 10.7. The molecule has 0 saturated heterocycles. The van der Waals surface area contributed by atoms with Gasteiger partial charge in [-0.2, -0.15) is 0 Å². The van der Waals surface area contributed by atoms with Crippen molar-refractivity contribution in [3.05, 3.63) is 103 Å². The number of halogens is 2. The summed E-state index contributed by atoms with van der Waals surface area (Å²) in [6, 6.07) is 23.1. The van der Waals surface area contributed by atoms with Gasteiger partial charge in [-0.3, -0.25) is 0 Å². The number of carbonyl (C=O) groups is 1. The topological polar surface area (TPSA) is 47.9 Å². The van der Waals surface area contributed by atoms with Gasteiger partial charge in [0.25, 0.3) is 0 Å². The largest absolute Gasteiger partial charge is 0.489 e. The highest BCUT2D eigenvalue weighted by Gasteiger charge is 2.24. The SMILES string of the molecule is O=C1OC(c2ccc(I)cc2)=N/C1=C\c1cccc(OCc2ccccc2Br)c1. The first-order valence-electron chi connectivity index (χ1n) is 8.83. The molecule has 3 aromatic carbocycles. The van der Waals surface area contributed by atoms with Crippen LogP contribution in [0.3, 0.4) is 0 Å². The molecule has 4 rings (SSSR count). The summed E-state index contributed by atoms with van der Waals surface area (Å²) in [4.78, 5) is 16.6. The van der Waals surface area contributed by atoms with Gasteiger partial charge < -0.3 is 9.47 Å². The minimum atomic E-state index is -0.460. The van der Waals surface area contributed by atoms with Gasteiger partial charge in [0.2, 0.25) is 5.90 Å². The number of aliphatic imine (C=N–C) groups is 1. The van der Waals surface area contributed by atoms with E-state index in [-0.39, 0.29) is 5.70 Å². The Hall–Kier alpha value is -2.45. The molecule has 1 aliphatic heterocycles. The van der Waals surface area contributed by atoms with Crippen molar-refractivity contribution >= 4 is 56.5 Å². The van der Waals surface area contributed by atoms with Gasteiger partial charge in [-0.1, -0.05) is 46.3 Å². The Kier molecular flexibility index (Phi) is 6.10. The van der Waals surface area contributed by atoms with Crippen molar-refractivity contribution in [2.75, 3.05) is 0 Å². The molecule has 0 atom stereocenters. The van der Waals surface area contributed by atoms with Crippen molar-refractivity contribution < 1.29 is 14.3 Å². The Bertz CT molecular complexity index is 1120. The monoisotopic (exact) mass is 559 g/mol. The second kappa shape index (κ2) is 8.92. The first kappa shape index (κ1) is 19.8. The van der Waals surface area contributed by atoms with E-state index < -0.39 is 5.97 Å². The van der Waals surface area contributed by atoms with E-state index in [0.717, 1.165) is 24.7 Å². The fourth-order valence-electron chi connectivity index (χ4n) is 2.75. The number of benzene rings is 3. The molecule has 29 heavy (non-hydrogen) atoms. The Morgan fingerprint density at radius 2 is 1.83 bits per heavy atom. The fraction of sp³-hybridized carbons (Fsp3) is 0.0435. The Morgan fingerprint density at radius 1 is 1.03 bits per heavy atom. The quantitative estimate of drug-likeness (QED) is 0.219. The Labute approximate surface area is 190 Å². The third-order valence-corrected chi connectivity index (χ3v) is 5.72. The number of nitrogens with zero attached hydrogens (tertiary/aromatic N) is 1. The van der Waals surface area contributed by atoms with Crippen LogP contribution in [0, 0.1) is 3.57 Å². The molecular weight excluding hydrogens is 545 g/mol. The molecule has 0 radical (unpaired) electrons. The molecule has 0 spiro atoms. The molecule has 0 fully saturated rings. The standard InChI is InChI=1S/C23H15BrINO3/c24-20-7-2-1-5-17(20)14-28-19-6-3-4-15(12-19)13-21-23(27)29-22(26-21)16-8-10-18(25)11-9-16/h1-13H,14H2/b21-13-. The molecular formula is C23H15BrINO3. The normalized spacial score (nSPS) is 14.6. The third kappa shape index (κ3) is 4.94. The van der Waals surface area contributed by atoms with Crippen LogP contribution in [0.25, 0.3) is 6.08 Å². The molecule has 0 saturated carbocycles. The molecule has 3 aromatic rings. The predicted molar refractivity (Wildman–Crippen MR) is 125 cm³/mol. The van der Waals surface area contributed by atoms with Crippen LogP contribution in [-0.4, -0.2) is 11.9 Å². The van der Waals surface area contributed by atoms with Gasteiger partial charge in [0.05, 0.1) is 0 Å². The van der Waals surface area contributed by atoms with E-state index in [9.17, 15) is 4.79 Å². The van der Waals surface area contributed by atoms with Gasteiger partial charge in [0.1, 0.15) is 12.4 Å². The van der Waals surface area contributed by atoms with Crippen molar-refractivity contribution in [2.24, 2.45) is 4.99 Å². The summed E-state index contributed by atoms with van der Waals surface area (Å²) in [6.07, 6.45) is 1.70. The highest BCUT2D eigenvalue weighted by molar-refractivity contribution is 14.1. The van der Waals surface area contributed by atoms with E-state index in [0.29, 0.717) is 18.3 Å². The summed E-state index contributed by atoms with van der Waals surface area (Å²) in [5.74, 6) is 0.570. The fourth-order valence-corrected chi connectivity index (χ4v) is 3.51. The summed E-state index contributed by atoms with van der Waals surface area (Å²) < 4.78 is 13.3. The summed E-state index contributed by atoms with van der Waals surface area (Å²) in [5.41, 5.74) is 2.91. The predicted octanol–water partition coefficient (Wildman–Crippen LogP) is 5.98. The van der Waals surface area contributed by atoms with Gasteiger partial charge in [0, 0.05) is 19.2 Å². The van der Waals surface area contributed by atoms with Crippen LogP contribution < -0.4 is 4.74 Å².